The summed E-state index contributed by atoms with van der Waals surface area (Å²) in [6.07, 6.45) is 6.11. The molecule has 0 radical (unpaired) electrons. The predicted molar refractivity (Wildman–Crippen MR) is 77.4 cm³/mol. The van der Waals surface area contributed by atoms with E-state index in [4.69, 9.17) is 0 Å². The zero-order chi connectivity index (χ0) is 13.7. The van der Waals surface area contributed by atoms with E-state index < -0.39 is 0 Å². The van der Waals surface area contributed by atoms with Crippen molar-refractivity contribution in [2.45, 2.75) is 45.6 Å². The van der Waals surface area contributed by atoms with E-state index in [1.54, 1.807) is 6.20 Å². The zero-order valence-electron chi connectivity index (χ0n) is 11.9. The fraction of sp³-hybridized carbons (Fsp3) is 0.600. The van der Waals surface area contributed by atoms with Crippen LogP contribution in [0.1, 0.15) is 49.9 Å². The topological polar surface area (TPSA) is 45.2 Å². The SMILES string of the molecule is CCCN(CCC)C(=O)c1ccc(NC2CC2)nc1. The van der Waals surface area contributed by atoms with Gasteiger partial charge in [-0.2, -0.15) is 0 Å². The lowest BCUT2D eigenvalue weighted by atomic mass is 10.2. The van der Waals surface area contributed by atoms with Gasteiger partial charge in [-0.1, -0.05) is 13.8 Å². The van der Waals surface area contributed by atoms with Gasteiger partial charge in [0.1, 0.15) is 5.82 Å². The first kappa shape index (κ1) is 13.8. The fourth-order valence-electron chi connectivity index (χ4n) is 2.08. The Bertz CT molecular complexity index is 406. The summed E-state index contributed by atoms with van der Waals surface area (Å²) in [4.78, 5) is 18.6. The smallest absolute Gasteiger partial charge is 0.255 e. The Balaban J connectivity index is 1.99. The molecule has 0 aliphatic heterocycles. The van der Waals surface area contributed by atoms with Crippen molar-refractivity contribution in [3.05, 3.63) is 23.9 Å². The van der Waals surface area contributed by atoms with E-state index >= 15 is 0 Å². The molecule has 19 heavy (non-hydrogen) atoms. The minimum Gasteiger partial charge on any atom is -0.367 e. The maximum atomic E-state index is 12.3. The van der Waals surface area contributed by atoms with Crippen LogP contribution in [0.15, 0.2) is 18.3 Å². The molecular weight excluding hydrogens is 238 g/mol. The van der Waals surface area contributed by atoms with Crippen molar-refractivity contribution in [2.24, 2.45) is 0 Å². The molecule has 1 aliphatic rings. The van der Waals surface area contributed by atoms with Gasteiger partial charge >= 0.3 is 0 Å². The molecule has 104 valence electrons. The molecule has 4 nitrogen and oxygen atoms in total. The molecule has 1 heterocycles. The third-order valence-electron chi connectivity index (χ3n) is 3.21. The van der Waals surface area contributed by atoms with E-state index in [2.05, 4.69) is 24.1 Å². The maximum absolute atomic E-state index is 12.3. The summed E-state index contributed by atoms with van der Waals surface area (Å²) in [5, 5.41) is 3.33. The van der Waals surface area contributed by atoms with Gasteiger partial charge in [-0.15, -0.1) is 0 Å². The van der Waals surface area contributed by atoms with Gasteiger partial charge < -0.3 is 10.2 Å². The van der Waals surface area contributed by atoms with Crippen molar-refractivity contribution in [1.82, 2.24) is 9.88 Å². The normalized spacial score (nSPS) is 14.2. The number of hydrogen-bond acceptors (Lipinski definition) is 3. The average Bonchev–Trinajstić information content (AvgIpc) is 3.23. The molecule has 1 amide bonds. The van der Waals surface area contributed by atoms with Crippen LogP contribution in [-0.4, -0.2) is 34.9 Å². The first-order valence-corrected chi connectivity index (χ1v) is 7.26. The number of aromatic nitrogens is 1. The van der Waals surface area contributed by atoms with E-state index in [1.165, 1.54) is 12.8 Å². The highest BCUT2D eigenvalue weighted by Crippen LogP contribution is 2.23. The molecule has 0 spiro atoms. The molecule has 0 unspecified atom stereocenters. The molecule has 1 aliphatic carbocycles. The summed E-state index contributed by atoms with van der Waals surface area (Å²) in [7, 11) is 0. The standard InChI is InChI=1S/C15H23N3O/c1-3-9-18(10-4-2)15(19)12-5-8-14(16-11-12)17-13-6-7-13/h5,8,11,13H,3-4,6-7,9-10H2,1-2H3,(H,16,17). The number of nitrogens with one attached hydrogen (secondary N) is 1. The number of hydrogen-bond donors (Lipinski definition) is 1. The maximum Gasteiger partial charge on any atom is 0.255 e. The van der Waals surface area contributed by atoms with Crippen LogP contribution in [0, 0.1) is 0 Å². The van der Waals surface area contributed by atoms with Crippen LogP contribution in [0.3, 0.4) is 0 Å². The third kappa shape index (κ3) is 3.94. The Hall–Kier alpha value is -1.58. The Morgan fingerprint density at radius 1 is 1.32 bits per heavy atom. The van der Waals surface area contributed by atoms with Crippen LogP contribution in [-0.2, 0) is 0 Å². The largest absolute Gasteiger partial charge is 0.367 e. The highest BCUT2D eigenvalue weighted by molar-refractivity contribution is 5.94. The highest BCUT2D eigenvalue weighted by atomic mass is 16.2. The van der Waals surface area contributed by atoms with Gasteiger partial charge in [0.05, 0.1) is 5.56 Å². The summed E-state index contributed by atoms with van der Waals surface area (Å²) in [6.45, 7) is 5.82. The van der Waals surface area contributed by atoms with Gasteiger partial charge in [-0.3, -0.25) is 4.79 Å². The first-order chi connectivity index (χ1) is 9.24. The number of carbonyl (C=O) groups excluding carboxylic acids is 1. The zero-order valence-corrected chi connectivity index (χ0v) is 11.9. The quantitative estimate of drug-likeness (QED) is 0.821. The minimum absolute atomic E-state index is 0.0918. The van der Waals surface area contributed by atoms with Crippen molar-refractivity contribution in [3.8, 4) is 0 Å². The average molecular weight is 261 g/mol. The van der Waals surface area contributed by atoms with E-state index in [-0.39, 0.29) is 5.91 Å². The van der Waals surface area contributed by atoms with Crippen LogP contribution in [0.25, 0.3) is 0 Å². The Labute approximate surface area is 115 Å². The lowest BCUT2D eigenvalue weighted by molar-refractivity contribution is 0.0755. The summed E-state index contributed by atoms with van der Waals surface area (Å²) >= 11 is 0. The number of amides is 1. The molecule has 0 saturated heterocycles. The van der Waals surface area contributed by atoms with Crippen LogP contribution >= 0.6 is 0 Å². The summed E-state index contributed by atoms with van der Waals surface area (Å²) in [5.74, 6) is 0.964. The third-order valence-corrected chi connectivity index (χ3v) is 3.21. The van der Waals surface area contributed by atoms with Crippen molar-refractivity contribution in [3.63, 3.8) is 0 Å². The van der Waals surface area contributed by atoms with Crippen molar-refractivity contribution < 1.29 is 4.79 Å². The summed E-state index contributed by atoms with van der Waals surface area (Å²) in [6, 6.07) is 4.37. The Morgan fingerprint density at radius 2 is 2.00 bits per heavy atom. The van der Waals surface area contributed by atoms with Crippen LogP contribution < -0.4 is 5.32 Å². The van der Waals surface area contributed by atoms with Crippen LogP contribution in [0.5, 0.6) is 0 Å². The molecule has 1 aromatic rings. The molecular formula is C15H23N3O. The molecule has 0 aromatic carbocycles. The van der Waals surface area contributed by atoms with Gasteiger partial charge in [0.25, 0.3) is 5.91 Å². The predicted octanol–water partition coefficient (Wildman–Crippen LogP) is 2.92. The lowest BCUT2D eigenvalue weighted by Gasteiger charge is -2.21. The van der Waals surface area contributed by atoms with Crippen molar-refractivity contribution >= 4 is 11.7 Å². The Morgan fingerprint density at radius 3 is 2.47 bits per heavy atom. The molecule has 1 aromatic heterocycles. The monoisotopic (exact) mass is 261 g/mol. The van der Waals surface area contributed by atoms with Crippen LogP contribution in [0.4, 0.5) is 5.82 Å². The fourth-order valence-corrected chi connectivity index (χ4v) is 2.08. The minimum atomic E-state index is 0.0918. The second kappa shape index (κ2) is 6.55. The Kier molecular flexibility index (Phi) is 4.77. The van der Waals surface area contributed by atoms with Gasteiger partial charge in [-0.05, 0) is 37.8 Å². The van der Waals surface area contributed by atoms with Gasteiger partial charge in [0.2, 0.25) is 0 Å². The number of pyridine rings is 1. The van der Waals surface area contributed by atoms with E-state index in [1.807, 2.05) is 17.0 Å². The van der Waals surface area contributed by atoms with E-state index in [9.17, 15) is 4.79 Å². The second-order valence-electron chi connectivity index (χ2n) is 5.14. The molecule has 1 saturated carbocycles. The van der Waals surface area contributed by atoms with Crippen LogP contribution in [0.2, 0.25) is 0 Å². The van der Waals surface area contributed by atoms with E-state index in [0.29, 0.717) is 11.6 Å². The second-order valence-corrected chi connectivity index (χ2v) is 5.14. The molecule has 4 heteroatoms. The summed E-state index contributed by atoms with van der Waals surface area (Å²) in [5.41, 5.74) is 0.684. The lowest BCUT2D eigenvalue weighted by Crippen LogP contribution is -2.32. The number of carbonyl (C=O) groups is 1. The van der Waals surface area contributed by atoms with Gasteiger partial charge in [0, 0.05) is 25.3 Å². The molecule has 1 N–H and O–H groups in total. The first-order valence-electron chi connectivity index (χ1n) is 7.26. The van der Waals surface area contributed by atoms with Gasteiger partial charge in [-0.25, -0.2) is 4.98 Å². The van der Waals surface area contributed by atoms with E-state index in [0.717, 1.165) is 31.7 Å². The molecule has 0 bridgehead atoms. The highest BCUT2D eigenvalue weighted by Gasteiger charge is 2.21. The number of nitrogens with zero attached hydrogens (tertiary/aromatic N) is 2. The molecule has 2 rings (SSSR count). The van der Waals surface area contributed by atoms with Crippen molar-refractivity contribution in [1.29, 1.82) is 0 Å². The summed E-state index contributed by atoms with van der Waals surface area (Å²) < 4.78 is 0. The van der Waals surface area contributed by atoms with Gasteiger partial charge in [0.15, 0.2) is 0 Å². The molecule has 1 fully saturated rings. The molecule has 0 atom stereocenters. The number of anilines is 1. The van der Waals surface area contributed by atoms with Crippen molar-refractivity contribution in [2.75, 3.05) is 18.4 Å². The number of rotatable bonds is 7.